The molecule has 0 spiro atoms. The molecular weight excluding hydrogens is 122 g/mol. The van der Waals surface area contributed by atoms with E-state index in [0.29, 0.717) is 0 Å². The van der Waals surface area contributed by atoms with Gasteiger partial charge in [0.1, 0.15) is 0 Å². The van der Waals surface area contributed by atoms with E-state index in [1.54, 1.807) is 0 Å². The van der Waals surface area contributed by atoms with Gasteiger partial charge >= 0.3 is 0 Å². The first-order valence-electron chi connectivity index (χ1n) is 3.47. The zero-order chi connectivity index (χ0) is 8.36. The molecule has 0 saturated carbocycles. The Labute approximate surface area is 63.6 Å². The number of hydrogen-bond donors (Lipinski definition) is 1. The summed E-state index contributed by atoms with van der Waals surface area (Å²) in [4.78, 5) is 0. The molecule has 1 heteroatoms. The van der Waals surface area contributed by atoms with Gasteiger partial charge in [-0.1, -0.05) is 27.4 Å². The number of rotatable bonds is 1. The minimum absolute atomic E-state index is 0.140. The Bertz CT molecular complexity index is 154. The maximum atomic E-state index is 5.49. The van der Waals surface area contributed by atoms with Crippen molar-refractivity contribution in [3.8, 4) is 0 Å². The van der Waals surface area contributed by atoms with Crippen LogP contribution in [0.15, 0.2) is 23.9 Å². The minimum atomic E-state index is 0.140. The van der Waals surface area contributed by atoms with E-state index in [9.17, 15) is 0 Å². The molecule has 0 fully saturated rings. The summed E-state index contributed by atoms with van der Waals surface area (Å²) in [5, 5.41) is 0. The van der Waals surface area contributed by atoms with Crippen LogP contribution in [-0.2, 0) is 0 Å². The first-order chi connectivity index (χ1) is 4.34. The van der Waals surface area contributed by atoms with Crippen LogP contribution < -0.4 is 5.73 Å². The fourth-order valence-corrected chi connectivity index (χ4v) is 0.491. The highest BCUT2D eigenvalue weighted by Crippen LogP contribution is 2.24. The molecule has 2 N–H and O–H groups in total. The molecule has 0 unspecified atom stereocenters. The summed E-state index contributed by atoms with van der Waals surface area (Å²) in [7, 11) is 0. The van der Waals surface area contributed by atoms with Crippen molar-refractivity contribution >= 4 is 0 Å². The fourth-order valence-electron chi connectivity index (χ4n) is 0.491. The standard InChI is InChI=1S/C9H17N/c1-7(6-8(2)10)9(3,4)5/h6H,1,10H2,2-5H3/b8-6+. The molecule has 0 bridgehead atoms. The zero-order valence-corrected chi connectivity index (χ0v) is 7.36. The topological polar surface area (TPSA) is 26.0 Å². The first kappa shape index (κ1) is 9.28. The maximum Gasteiger partial charge on any atom is 0.00516 e. The minimum Gasteiger partial charge on any atom is -0.402 e. The molecule has 1 nitrogen and oxygen atoms in total. The van der Waals surface area contributed by atoms with Crippen molar-refractivity contribution in [1.82, 2.24) is 0 Å². The van der Waals surface area contributed by atoms with Gasteiger partial charge in [-0.25, -0.2) is 0 Å². The lowest BCUT2D eigenvalue weighted by atomic mass is 9.87. The van der Waals surface area contributed by atoms with E-state index in [1.807, 2.05) is 13.0 Å². The maximum absolute atomic E-state index is 5.49. The molecule has 0 aliphatic carbocycles. The van der Waals surface area contributed by atoms with E-state index in [0.717, 1.165) is 11.3 Å². The van der Waals surface area contributed by atoms with Crippen molar-refractivity contribution in [2.45, 2.75) is 27.7 Å². The average Bonchev–Trinajstić information content (AvgIpc) is 1.60. The van der Waals surface area contributed by atoms with Crippen LogP contribution in [0.1, 0.15) is 27.7 Å². The summed E-state index contributed by atoms with van der Waals surface area (Å²) in [6.45, 7) is 12.1. The number of hydrogen-bond acceptors (Lipinski definition) is 1. The average molecular weight is 139 g/mol. The van der Waals surface area contributed by atoms with E-state index >= 15 is 0 Å². The third-order valence-corrected chi connectivity index (χ3v) is 1.37. The van der Waals surface area contributed by atoms with Crippen LogP contribution in [0.5, 0.6) is 0 Å². The lowest BCUT2D eigenvalue weighted by Gasteiger charge is -2.18. The van der Waals surface area contributed by atoms with Gasteiger partial charge in [0.25, 0.3) is 0 Å². The van der Waals surface area contributed by atoms with Gasteiger partial charge in [-0.05, 0) is 24.0 Å². The van der Waals surface area contributed by atoms with Crippen molar-refractivity contribution in [3.05, 3.63) is 23.9 Å². The van der Waals surface area contributed by atoms with Crippen molar-refractivity contribution in [2.24, 2.45) is 11.1 Å². The highest BCUT2D eigenvalue weighted by molar-refractivity contribution is 5.23. The molecule has 0 amide bonds. The van der Waals surface area contributed by atoms with Crippen LogP contribution in [0, 0.1) is 5.41 Å². The van der Waals surface area contributed by atoms with Crippen LogP contribution in [0.2, 0.25) is 0 Å². The van der Waals surface area contributed by atoms with Gasteiger partial charge in [0, 0.05) is 5.70 Å². The largest absolute Gasteiger partial charge is 0.402 e. The van der Waals surface area contributed by atoms with Crippen molar-refractivity contribution < 1.29 is 0 Å². The summed E-state index contributed by atoms with van der Waals surface area (Å²) in [6, 6.07) is 0. The molecule has 10 heavy (non-hydrogen) atoms. The Hall–Kier alpha value is -0.720. The summed E-state index contributed by atoms with van der Waals surface area (Å²) in [5.74, 6) is 0. The third-order valence-electron chi connectivity index (χ3n) is 1.37. The van der Waals surface area contributed by atoms with Crippen LogP contribution >= 0.6 is 0 Å². The second-order valence-corrected chi connectivity index (χ2v) is 3.66. The second kappa shape index (κ2) is 2.91. The van der Waals surface area contributed by atoms with Crippen LogP contribution in [0.3, 0.4) is 0 Å². The van der Waals surface area contributed by atoms with Crippen LogP contribution in [0.4, 0.5) is 0 Å². The Balaban J connectivity index is 4.27. The van der Waals surface area contributed by atoms with E-state index in [-0.39, 0.29) is 5.41 Å². The fraction of sp³-hybridized carbons (Fsp3) is 0.556. The molecule has 0 aliphatic rings. The Morgan fingerprint density at radius 2 is 1.80 bits per heavy atom. The summed E-state index contributed by atoms with van der Waals surface area (Å²) >= 11 is 0. The molecule has 0 aromatic carbocycles. The first-order valence-corrected chi connectivity index (χ1v) is 3.47. The summed E-state index contributed by atoms with van der Waals surface area (Å²) < 4.78 is 0. The van der Waals surface area contributed by atoms with E-state index in [4.69, 9.17) is 5.73 Å². The van der Waals surface area contributed by atoms with Crippen molar-refractivity contribution in [2.75, 3.05) is 0 Å². The Morgan fingerprint density at radius 3 is 1.90 bits per heavy atom. The van der Waals surface area contributed by atoms with E-state index in [1.165, 1.54) is 0 Å². The molecule has 58 valence electrons. The molecule has 0 aliphatic heterocycles. The number of nitrogens with two attached hydrogens (primary N) is 1. The molecule has 0 rings (SSSR count). The SMILES string of the molecule is C=C(/C=C(\C)N)C(C)(C)C. The van der Waals surface area contributed by atoms with Crippen molar-refractivity contribution in [1.29, 1.82) is 0 Å². The predicted molar refractivity (Wildman–Crippen MR) is 46.5 cm³/mol. The summed E-state index contributed by atoms with van der Waals surface area (Å²) in [5.41, 5.74) is 7.53. The Kier molecular flexibility index (Phi) is 2.70. The third kappa shape index (κ3) is 3.33. The monoisotopic (exact) mass is 139 g/mol. The smallest absolute Gasteiger partial charge is 0.00516 e. The Morgan fingerprint density at radius 1 is 1.40 bits per heavy atom. The van der Waals surface area contributed by atoms with Gasteiger partial charge in [0.15, 0.2) is 0 Å². The zero-order valence-electron chi connectivity index (χ0n) is 7.36. The predicted octanol–water partition coefficient (Wildman–Crippen LogP) is 2.45. The number of allylic oxidation sites excluding steroid dienone is 3. The van der Waals surface area contributed by atoms with Gasteiger partial charge < -0.3 is 5.73 Å². The van der Waals surface area contributed by atoms with Gasteiger partial charge in [0.2, 0.25) is 0 Å². The van der Waals surface area contributed by atoms with E-state index < -0.39 is 0 Å². The van der Waals surface area contributed by atoms with Crippen LogP contribution in [-0.4, -0.2) is 0 Å². The quantitative estimate of drug-likeness (QED) is 0.555. The molecule has 0 aromatic rings. The van der Waals surface area contributed by atoms with E-state index in [2.05, 4.69) is 27.4 Å². The molecule has 0 atom stereocenters. The highest BCUT2D eigenvalue weighted by Gasteiger charge is 2.11. The van der Waals surface area contributed by atoms with Gasteiger partial charge in [-0.2, -0.15) is 0 Å². The second-order valence-electron chi connectivity index (χ2n) is 3.66. The van der Waals surface area contributed by atoms with Gasteiger partial charge in [-0.3, -0.25) is 0 Å². The van der Waals surface area contributed by atoms with Gasteiger partial charge in [-0.15, -0.1) is 0 Å². The molecular formula is C9H17N. The molecule has 0 saturated heterocycles. The molecule has 0 radical (unpaired) electrons. The molecule has 0 heterocycles. The van der Waals surface area contributed by atoms with Crippen LogP contribution in [0.25, 0.3) is 0 Å². The van der Waals surface area contributed by atoms with Gasteiger partial charge in [0.05, 0.1) is 0 Å². The van der Waals surface area contributed by atoms with Crippen molar-refractivity contribution in [3.63, 3.8) is 0 Å². The lowest BCUT2D eigenvalue weighted by Crippen LogP contribution is -2.07. The highest BCUT2D eigenvalue weighted by atomic mass is 14.5. The molecule has 0 aromatic heterocycles. The summed E-state index contributed by atoms with van der Waals surface area (Å²) in [6.07, 6.45) is 1.92. The lowest BCUT2D eigenvalue weighted by molar-refractivity contribution is 0.518. The normalized spacial score (nSPS) is 13.4.